The summed E-state index contributed by atoms with van der Waals surface area (Å²) in [6, 6.07) is 7.93. The smallest absolute Gasteiger partial charge is 0.227 e. The van der Waals surface area contributed by atoms with E-state index >= 15 is 0 Å². The molecule has 1 saturated carbocycles. The van der Waals surface area contributed by atoms with Crippen LogP contribution in [0.3, 0.4) is 0 Å². The van der Waals surface area contributed by atoms with Crippen molar-refractivity contribution in [3.8, 4) is 0 Å². The van der Waals surface area contributed by atoms with Crippen LogP contribution in [-0.2, 0) is 23.3 Å². The van der Waals surface area contributed by atoms with Gasteiger partial charge in [0.25, 0.3) is 0 Å². The SMILES string of the molecule is CN=C(NCc1cccc(NC(=O)C2CCCCC2)c1)NCc1ncc(C(C)(C)C)o1.I. The summed E-state index contributed by atoms with van der Waals surface area (Å²) in [7, 11) is 1.73. The fourth-order valence-corrected chi connectivity index (χ4v) is 3.67. The zero-order valence-corrected chi connectivity index (χ0v) is 21.9. The van der Waals surface area contributed by atoms with Crippen molar-refractivity contribution in [3.63, 3.8) is 0 Å². The number of nitrogens with one attached hydrogen (secondary N) is 3. The molecule has 8 heteroatoms. The summed E-state index contributed by atoms with van der Waals surface area (Å²) >= 11 is 0. The third-order valence-electron chi connectivity index (χ3n) is 5.55. The molecule has 176 valence electrons. The van der Waals surface area contributed by atoms with Gasteiger partial charge in [-0.3, -0.25) is 9.79 Å². The molecule has 0 radical (unpaired) electrons. The van der Waals surface area contributed by atoms with Gasteiger partial charge in [0.1, 0.15) is 5.76 Å². The maximum absolute atomic E-state index is 12.5. The first-order valence-electron chi connectivity index (χ1n) is 11.1. The van der Waals surface area contributed by atoms with Gasteiger partial charge < -0.3 is 20.4 Å². The zero-order chi connectivity index (χ0) is 22.3. The Kier molecular flexibility index (Phi) is 9.99. The fourth-order valence-electron chi connectivity index (χ4n) is 3.67. The van der Waals surface area contributed by atoms with Gasteiger partial charge in [-0.25, -0.2) is 4.98 Å². The number of hydrogen-bond donors (Lipinski definition) is 3. The molecule has 32 heavy (non-hydrogen) atoms. The molecule has 1 fully saturated rings. The molecule has 0 aliphatic heterocycles. The number of aromatic nitrogens is 1. The Hall–Kier alpha value is -2.10. The van der Waals surface area contributed by atoms with Crippen LogP contribution in [0.2, 0.25) is 0 Å². The highest BCUT2D eigenvalue weighted by Crippen LogP contribution is 2.25. The van der Waals surface area contributed by atoms with Crippen molar-refractivity contribution < 1.29 is 9.21 Å². The average Bonchev–Trinajstić information content (AvgIpc) is 3.24. The van der Waals surface area contributed by atoms with Crippen molar-refractivity contribution in [3.05, 3.63) is 47.7 Å². The van der Waals surface area contributed by atoms with Crippen molar-refractivity contribution in [2.24, 2.45) is 10.9 Å². The highest BCUT2D eigenvalue weighted by atomic mass is 127. The standard InChI is InChI=1S/C24H35N5O2.HI/c1-24(2,3)20-15-26-21(31-20)16-28-23(25-4)27-14-17-9-8-12-19(13-17)29-22(30)18-10-6-5-7-11-18;/h8-9,12-13,15,18H,5-7,10-11,14,16H2,1-4H3,(H,29,30)(H2,25,27,28);1H. The molecule has 3 N–H and O–H groups in total. The second kappa shape index (κ2) is 12.2. The van der Waals surface area contributed by atoms with Crippen molar-refractivity contribution in [2.75, 3.05) is 12.4 Å². The van der Waals surface area contributed by atoms with Gasteiger partial charge in [-0.15, -0.1) is 24.0 Å². The molecule has 1 heterocycles. The van der Waals surface area contributed by atoms with Crippen LogP contribution < -0.4 is 16.0 Å². The third kappa shape index (κ3) is 7.79. The number of rotatable bonds is 6. The van der Waals surface area contributed by atoms with Crippen LogP contribution in [0.1, 0.15) is 70.1 Å². The Morgan fingerprint density at radius 2 is 1.88 bits per heavy atom. The molecule has 0 atom stereocenters. The third-order valence-corrected chi connectivity index (χ3v) is 5.55. The summed E-state index contributed by atoms with van der Waals surface area (Å²) in [6.45, 7) is 7.32. The van der Waals surface area contributed by atoms with E-state index in [1.807, 2.05) is 24.3 Å². The minimum absolute atomic E-state index is 0. The van der Waals surface area contributed by atoms with Crippen molar-refractivity contribution >= 4 is 41.5 Å². The molecule has 3 rings (SSSR count). The Bertz CT molecular complexity index is 898. The maximum atomic E-state index is 12.5. The predicted octanol–water partition coefficient (Wildman–Crippen LogP) is 4.97. The van der Waals surface area contributed by atoms with Gasteiger partial charge >= 0.3 is 0 Å². The number of carbonyl (C=O) groups is 1. The molecule has 0 spiro atoms. The highest BCUT2D eigenvalue weighted by Gasteiger charge is 2.21. The van der Waals surface area contributed by atoms with Crippen LogP contribution in [0.4, 0.5) is 5.69 Å². The molecule has 0 saturated heterocycles. The van der Waals surface area contributed by atoms with Gasteiger partial charge in [-0.1, -0.05) is 52.2 Å². The van der Waals surface area contributed by atoms with E-state index < -0.39 is 0 Å². The molecule has 0 bridgehead atoms. The van der Waals surface area contributed by atoms with Crippen molar-refractivity contribution in [2.45, 2.75) is 71.4 Å². The van der Waals surface area contributed by atoms with Crippen LogP contribution in [0, 0.1) is 5.92 Å². The monoisotopic (exact) mass is 553 g/mol. The average molecular weight is 553 g/mol. The minimum Gasteiger partial charge on any atom is -0.443 e. The first kappa shape index (κ1) is 26.2. The molecular weight excluding hydrogens is 517 g/mol. The van der Waals surface area contributed by atoms with Gasteiger partial charge in [0.15, 0.2) is 5.96 Å². The van der Waals surface area contributed by atoms with Crippen LogP contribution >= 0.6 is 24.0 Å². The summed E-state index contributed by atoms with van der Waals surface area (Å²) < 4.78 is 5.81. The van der Waals surface area contributed by atoms with Crippen molar-refractivity contribution in [1.29, 1.82) is 0 Å². The second-order valence-corrected chi connectivity index (χ2v) is 9.17. The van der Waals surface area contributed by atoms with Crippen LogP contribution in [0.15, 0.2) is 39.9 Å². The van der Waals surface area contributed by atoms with Gasteiger partial charge in [0.2, 0.25) is 11.8 Å². The quantitative estimate of drug-likeness (QED) is 0.267. The number of guanidine groups is 1. The molecule has 1 aliphatic rings. The first-order chi connectivity index (χ1) is 14.8. The molecule has 1 aliphatic carbocycles. The second-order valence-electron chi connectivity index (χ2n) is 9.17. The summed E-state index contributed by atoms with van der Waals surface area (Å²) in [5.74, 6) is 2.43. The van der Waals surface area contributed by atoms with E-state index in [0.717, 1.165) is 42.7 Å². The molecular formula is C24H36IN5O2. The number of benzene rings is 1. The van der Waals surface area contributed by atoms with E-state index in [0.29, 0.717) is 24.9 Å². The summed E-state index contributed by atoms with van der Waals surface area (Å²) in [5.41, 5.74) is 1.84. The van der Waals surface area contributed by atoms with Crippen LogP contribution in [-0.4, -0.2) is 23.9 Å². The molecule has 2 aromatic rings. The van der Waals surface area contributed by atoms with Gasteiger partial charge in [0, 0.05) is 30.6 Å². The summed E-state index contributed by atoms with van der Waals surface area (Å²) in [4.78, 5) is 21.1. The summed E-state index contributed by atoms with van der Waals surface area (Å²) in [5, 5.41) is 9.60. The Morgan fingerprint density at radius 1 is 1.16 bits per heavy atom. The molecule has 0 unspecified atom stereocenters. The lowest BCUT2D eigenvalue weighted by Gasteiger charge is -2.21. The topological polar surface area (TPSA) is 91.5 Å². The Balaban J connectivity index is 0.00000363. The largest absolute Gasteiger partial charge is 0.443 e. The first-order valence-corrected chi connectivity index (χ1v) is 11.1. The van der Waals surface area contributed by atoms with E-state index in [-0.39, 0.29) is 41.2 Å². The predicted molar refractivity (Wildman–Crippen MR) is 139 cm³/mol. The van der Waals surface area contributed by atoms with Crippen LogP contribution in [0.25, 0.3) is 0 Å². The van der Waals surface area contributed by atoms with E-state index in [1.54, 1.807) is 13.2 Å². The molecule has 1 amide bonds. The number of aliphatic imine (C=N–C) groups is 1. The Labute approximate surface area is 208 Å². The number of carbonyl (C=O) groups excluding carboxylic acids is 1. The summed E-state index contributed by atoms with van der Waals surface area (Å²) in [6.07, 6.45) is 7.32. The zero-order valence-electron chi connectivity index (χ0n) is 19.5. The van der Waals surface area contributed by atoms with Crippen LogP contribution in [0.5, 0.6) is 0 Å². The number of hydrogen-bond acceptors (Lipinski definition) is 4. The maximum Gasteiger partial charge on any atom is 0.227 e. The number of oxazole rings is 1. The number of halogens is 1. The van der Waals surface area contributed by atoms with E-state index in [9.17, 15) is 4.79 Å². The van der Waals surface area contributed by atoms with Gasteiger partial charge in [0.05, 0.1) is 12.7 Å². The molecule has 1 aromatic carbocycles. The number of nitrogens with zero attached hydrogens (tertiary/aromatic N) is 2. The van der Waals surface area contributed by atoms with E-state index in [2.05, 4.69) is 46.7 Å². The minimum atomic E-state index is -0.0669. The van der Waals surface area contributed by atoms with Gasteiger partial charge in [-0.2, -0.15) is 0 Å². The fraction of sp³-hybridized carbons (Fsp3) is 0.542. The van der Waals surface area contributed by atoms with Crippen molar-refractivity contribution in [1.82, 2.24) is 15.6 Å². The lowest BCUT2D eigenvalue weighted by atomic mass is 9.88. The van der Waals surface area contributed by atoms with E-state index in [4.69, 9.17) is 4.42 Å². The molecule has 7 nitrogen and oxygen atoms in total. The van der Waals surface area contributed by atoms with E-state index in [1.165, 1.54) is 6.42 Å². The Morgan fingerprint density at radius 3 is 2.53 bits per heavy atom. The molecule has 1 aromatic heterocycles. The number of amides is 1. The number of anilines is 1. The normalized spacial score (nSPS) is 15.1. The van der Waals surface area contributed by atoms with Gasteiger partial charge in [-0.05, 0) is 30.5 Å². The highest BCUT2D eigenvalue weighted by molar-refractivity contribution is 14.0. The lowest BCUT2D eigenvalue weighted by molar-refractivity contribution is -0.120. The lowest BCUT2D eigenvalue weighted by Crippen LogP contribution is -2.36.